The SMILES string of the molecule is Cc1c(Br)cc(S(=O)(=O)NCc2ncc[nH]2)cc1C(=O)O. The average Bonchev–Trinajstić information content (AvgIpc) is 2.92. The second-order valence-electron chi connectivity index (χ2n) is 4.24. The molecule has 9 heteroatoms. The first kappa shape index (κ1) is 15.7. The van der Waals surface area contributed by atoms with E-state index in [1.807, 2.05) is 0 Å². The minimum absolute atomic E-state index is 0.0107. The van der Waals surface area contributed by atoms with E-state index < -0.39 is 16.0 Å². The molecule has 0 saturated carbocycles. The number of nitrogens with zero attached hydrogens (tertiary/aromatic N) is 1. The fraction of sp³-hybridized carbons (Fsp3) is 0.167. The molecule has 0 fully saturated rings. The lowest BCUT2D eigenvalue weighted by Gasteiger charge is -2.10. The molecule has 2 aromatic rings. The van der Waals surface area contributed by atoms with Crippen LogP contribution in [0, 0.1) is 6.92 Å². The van der Waals surface area contributed by atoms with Crippen molar-refractivity contribution in [2.75, 3.05) is 0 Å². The van der Waals surface area contributed by atoms with Crippen LogP contribution >= 0.6 is 15.9 Å². The summed E-state index contributed by atoms with van der Waals surface area (Å²) in [6.45, 7) is 1.59. The molecule has 21 heavy (non-hydrogen) atoms. The van der Waals surface area contributed by atoms with Gasteiger partial charge in [-0.15, -0.1) is 0 Å². The van der Waals surface area contributed by atoms with Crippen LogP contribution < -0.4 is 4.72 Å². The maximum atomic E-state index is 12.2. The van der Waals surface area contributed by atoms with Crippen molar-refractivity contribution in [3.63, 3.8) is 0 Å². The quantitative estimate of drug-likeness (QED) is 0.737. The van der Waals surface area contributed by atoms with E-state index in [1.54, 1.807) is 13.1 Å². The zero-order valence-electron chi connectivity index (χ0n) is 10.9. The predicted octanol–water partition coefficient (Wildman–Crippen LogP) is 1.66. The molecule has 1 aromatic carbocycles. The molecule has 0 aliphatic carbocycles. The number of carbonyl (C=O) groups is 1. The third-order valence-corrected chi connectivity index (χ3v) is 5.05. The number of aromatic nitrogens is 2. The van der Waals surface area contributed by atoms with E-state index in [0.29, 0.717) is 15.9 Å². The van der Waals surface area contributed by atoms with Gasteiger partial charge < -0.3 is 10.1 Å². The summed E-state index contributed by atoms with van der Waals surface area (Å²) in [7, 11) is -3.83. The summed E-state index contributed by atoms with van der Waals surface area (Å²) in [5, 5.41) is 9.11. The Balaban J connectivity index is 2.33. The monoisotopic (exact) mass is 373 g/mol. The topological polar surface area (TPSA) is 112 Å². The number of halogens is 1. The van der Waals surface area contributed by atoms with Crippen molar-refractivity contribution in [2.45, 2.75) is 18.4 Å². The molecule has 1 aromatic heterocycles. The summed E-state index contributed by atoms with van der Waals surface area (Å²) in [5.74, 6) is -0.723. The number of H-pyrrole nitrogens is 1. The Morgan fingerprint density at radius 1 is 1.48 bits per heavy atom. The van der Waals surface area contributed by atoms with Crippen LogP contribution in [0.4, 0.5) is 0 Å². The summed E-state index contributed by atoms with van der Waals surface area (Å²) in [4.78, 5) is 17.7. The van der Waals surface area contributed by atoms with Crippen LogP contribution in [-0.4, -0.2) is 29.5 Å². The molecular weight excluding hydrogens is 362 g/mol. The summed E-state index contributed by atoms with van der Waals surface area (Å²) in [5.41, 5.74) is 0.398. The molecule has 0 atom stereocenters. The van der Waals surface area contributed by atoms with Gasteiger partial charge >= 0.3 is 5.97 Å². The van der Waals surface area contributed by atoms with Crippen LogP contribution in [0.25, 0.3) is 0 Å². The third-order valence-electron chi connectivity index (χ3n) is 2.84. The standard InChI is InChI=1S/C12H12BrN3O4S/c1-7-9(12(17)18)4-8(5-10(7)13)21(19,20)16-6-11-14-2-3-15-11/h2-5,16H,6H2,1H3,(H,14,15)(H,17,18). The maximum absolute atomic E-state index is 12.2. The highest BCUT2D eigenvalue weighted by Crippen LogP contribution is 2.25. The van der Waals surface area contributed by atoms with E-state index in [0.717, 1.165) is 6.07 Å². The Bertz CT molecular complexity index is 772. The van der Waals surface area contributed by atoms with Gasteiger partial charge in [0.2, 0.25) is 10.0 Å². The Hall–Kier alpha value is -1.71. The number of aromatic amines is 1. The first-order valence-electron chi connectivity index (χ1n) is 5.82. The molecule has 0 radical (unpaired) electrons. The van der Waals surface area contributed by atoms with Crippen molar-refractivity contribution in [3.8, 4) is 0 Å². The normalized spacial score (nSPS) is 11.5. The van der Waals surface area contributed by atoms with Gasteiger partial charge in [-0.05, 0) is 24.6 Å². The first-order valence-corrected chi connectivity index (χ1v) is 8.10. The van der Waals surface area contributed by atoms with Crippen LogP contribution in [0.15, 0.2) is 33.9 Å². The Kier molecular flexibility index (Phi) is 4.45. The van der Waals surface area contributed by atoms with E-state index >= 15 is 0 Å². The predicted molar refractivity (Wildman–Crippen MR) is 78.5 cm³/mol. The lowest BCUT2D eigenvalue weighted by molar-refractivity contribution is 0.0695. The molecule has 7 nitrogen and oxygen atoms in total. The average molecular weight is 374 g/mol. The molecule has 0 spiro atoms. The lowest BCUT2D eigenvalue weighted by Crippen LogP contribution is -2.24. The highest BCUT2D eigenvalue weighted by atomic mass is 79.9. The first-order chi connectivity index (χ1) is 9.81. The van der Waals surface area contributed by atoms with Gasteiger partial charge in [0.1, 0.15) is 5.82 Å². The van der Waals surface area contributed by atoms with Gasteiger partial charge in [0.25, 0.3) is 0 Å². The molecule has 0 aliphatic heterocycles. The third kappa shape index (κ3) is 3.49. The number of carboxylic acid groups (broad SMARTS) is 1. The molecule has 2 rings (SSSR count). The van der Waals surface area contributed by atoms with Gasteiger partial charge in [-0.2, -0.15) is 0 Å². The van der Waals surface area contributed by atoms with Crippen LogP contribution in [0.5, 0.6) is 0 Å². The van der Waals surface area contributed by atoms with Gasteiger partial charge in [0.15, 0.2) is 0 Å². The molecule has 3 N–H and O–H groups in total. The molecule has 0 amide bonds. The lowest BCUT2D eigenvalue weighted by atomic mass is 10.1. The fourth-order valence-electron chi connectivity index (χ4n) is 1.67. The molecule has 0 saturated heterocycles. The maximum Gasteiger partial charge on any atom is 0.336 e. The van der Waals surface area contributed by atoms with E-state index in [-0.39, 0.29) is 17.0 Å². The van der Waals surface area contributed by atoms with Gasteiger partial charge in [-0.1, -0.05) is 15.9 Å². The molecule has 1 heterocycles. The number of carboxylic acids is 1. The number of benzene rings is 1. The van der Waals surface area contributed by atoms with Crippen molar-refractivity contribution in [1.29, 1.82) is 0 Å². The van der Waals surface area contributed by atoms with Crippen molar-refractivity contribution in [1.82, 2.24) is 14.7 Å². The zero-order chi connectivity index (χ0) is 15.6. The van der Waals surface area contributed by atoms with Gasteiger partial charge in [-0.25, -0.2) is 22.9 Å². The number of aromatic carboxylic acids is 1. The smallest absolute Gasteiger partial charge is 0.336 e. The van der Waals surface area contributed by atoms with Gasteiger partial charge in [0, 0.05) is 16.9 Å². The summed E-state index contributed by atoms with van der Waals surface area (Å²) >= 11 is 3.17. The van der Waals surface area contributed by atoms with Crippen molar-refractivity contribution in [2.24, 2.45) is 0 Å². The highest BCUT2D eigenvalue weighted by molar-refractivity contribution is 9.10. The van der Waals surface area contributed by atoms with Crippen LogP contribution in [0.2, 0.25) is 0 Å². The number of sulfonamides is 1. The number of hydrogen-bond acceptors (Lipinski definition) is 4. The van der Waals surface area contributed by atoms with Crippen LogP contribution in [-0.2, 0) is 16.6 Å². The molecular formula is C12H12BrN3O4S. The highest BCUT2D eigenvalue weighted by Gasteiger charge is 2.20. The molecule has 0 unspecified atom stereocenters. The van der Waals surface area contributed by atoms with Crippen LogP contribution in [0.1, 0.15) is 21.7 Å². The Labute approximate surface area is 129 Å². The Morgan fingerprint density at radius 3 is 2.76 bits per heavy atom. The second-order valence-corrected chi connectivity index (χ2v) is 6.86. The fourth-order valence-corrected chi connectivity index (χ4v) is 3.32. The molecule has 0 bridgehead atoms. The number of imidazole rings is 1. The zero-order valence-corrected chi connectivity index (χ0v) is 13.3. The van der Waals surface area contributed by atoms with Gasteiger partial charge in [0.05, 0.1) is 17.0 Å². The molecule has 112 valence electrons. The van der Waals surface area contributed by atoms with E-state index in [2.05, 4.69) is 30.6 Å². The van der Waals surface area contributed by atoms with Crippen molar-refractivity contribution in [3.05, 3.63) is 46.0 Å². The van der Waals surface area contributed by atoms with Gasteiger partial charge in [-0.3, -0.25) is 0 Å². The number of nitrogens with one attached hydrogen (secondary N) is 2. The van der Waals surface area contributed by atoms with E-state index in [4.69, 9.17) is 5.11 Å². The number of hydrogen-bond donors (Lipinski definition) is 3. The van der Waals surface area contributed by atoms with Crippen molar-refractivity contribution >= 4 is 31.9 Å². The number of rotatable bonds is 5. The molecule has 0 aliphatic rings. The summed E-state index contributed by atoms with van der Waals surface area (Å²) < 4.78 is 27.2. The van der Waals surface area contributed by atoms with E-state index in [9.17, 15) is 13.2 Å². The summed E-state index contributed by atoms with van der Waals surface area (Å²) in [6.07, 6.45) is 3.09. The van der Waals surface area contributed by atoms with E-state index in [1.165, 1.54) is 12.3 Å². The minimum atomic E-state index is -3.83. The minimum Gasteiger partial charge on any atom is -0.478 e. The summed E-state index contributed by atoms with van der Waals surface area (Å²) in [6, 6.07) is 2.50. The Morgan fingerprint density at radius 2 is 2.19 bits per heavy atom. The second kappa shape index (κ2) is 5.96. The van der Waals surface area contributed by atoms with Crippen molar-refractivity contribution < 1.29 is 18.3 Å². The largest absolute Gasteiger partial charge is 0.478 e. The van der Waals surface area contributed by atoms with Crippen LogP contribution in [0.3, 0.4) is 0 Å².